The zero-order valence-corrected chi connectivity index (χ0v) is 13.4. The number of hydrogen-bond acceptors (Lipinski definition) is 4. The van der Waals surface area contributed by atoms with Crippen LogP contribution in [0.15, 0.2) is 11.4 Å². The summed E-state index contributed by atoms with van der Waals surface area (Å²) in [6.45, 7) is 6.26. The van der Waals surface area contributed by atoms with Gasteiger partial charge in [0, 0.05) is 18.0 Å². The topological polar surface area (TPSA) is 41.5 Å². The van der Waals surface area contributed by atoms with E-state index >= 15 is 0 Å². The second kappa shape index (κ2) is 8.13. The molecule has 1 aliphatic carbocycles. The molecule has 1 aliphatic rings. The van der Waals surface area contributed by atoms with E-state index in [1.807, 2.05) is 0 Å². The van der Waals surface area contributed by atoms with Gasteiger partial charge in [-0.25, -0.2) is 0 Å². The van der Waals surface area contributed by atoms with E-state index in [0.717, 1.165) is 13.0 Å². The summed E-state index contributed by atoms with van der Waals surface area (Å²) in [5.74, 6) is 0.637. The van der Waals surface area contributed by atoms with Crippen LogP contribution in [0.3, 0.4) is 0 Å². The summed E-state index contributed by atoms with van der Waals surface area (Å²) in [6, 6.07) is 2.13. The van der Waals surface area contributed by atoms with Gasteiger partial charge in [-0.05, 0) is 42.7 Å². The molecule has 3 nitrogen and oxygen atoms in total. The van der Waals surface area contributed by atoms with E-state index in [-0.39, 0.29) is 0 Å². The Balaban J connectivity index is 1.60. The molecular weight excluding hydrogens is 270 g/mol. The highest BCUT2D eigenvalue weighted by Gasteiger charge is 2.22. The fourth-order valence-corrected chi connectivity index (χ4v) is 3.64. The third kappa shape index (κ3) is 4.85. The standard InChI is InChI=1S/C16H27NO2S/c1-12-5-3-4-6-15(12)19-11-14(18)9-17-10-16-13(2)7-8-20-16/h7-8,12,14-15,17-18H,3-6,9-11H2,1-2H3. The molecular formula is C16H27NO2S. The highest BCUT2D eigenvalue weighted by Crippen LogP contribution is 2.26. The van der Waals surface area contributed by atoms with Crippen LogP contribution < -0.4 is 5.32 Å². The quantitative estimate of drug-likeness (QED) is 0.812. The molecule has 1 aromatic heterocycles. The fraction of sp³-hybridized carbons (Fsp3) is 0.750. The normalized spacial score (nSPS) is 24.8. The molecule has 3 unspecified atom stereocenters. The average Bonchev–Trinajstić information content (AvgIpc) is 2.84. The Morgan fingerprint density at radius 2 is 2.25 bits per heavy atom. The zero-order chi connectivity index (χ0) is 14.4. The van der Waals surface area contributed by atoms with E-state index in [9.17, 15) is 5.11 Å². The zero-order valence-electron chi connectivity index (χ0n) is 12.6. The number of thiophene rings is 1. The lowest BCUT2D eigenvalue weighted by atomic mass is 9.88. The molecule has 0 saturated heterocycles. The average molecular weight is 297 g/mol. The van der Waals surface area contributed by atoms with Crippen molar-refractivity contribution >= 4 is 11.3 Å². The van der Waals surface area contributed by atoms with E-state index < -0.39 is 6.10 Å². The molecule has 3 atom stereocenters. The van der Waals surface area contributed by atoms with Gasteiger partial charge in [-0.1, -0.05) is 19.8 Å². The van der Waals surface area contributed by atoms with E-state index in [1.165, 1.54) is 29.7 Å². The summed E-state index contributed by atoms with van der Waals surface area (Å²) in [5, 5.41) is 15.4. The number of hydrogen-bond donors (Lipinski definition) is 2. The van der Waals surface area contributed by atoms with Gasteiger partial charge in [0.1, 0.15) is 0 Å². The summed E-state index contributed by atoms with van der Waals surface area (Å²) in [4.78, 5) is 1.35. The van der Waals surface area contributed by atoms with Crippen molar-refractivity contribution in [3.05, 3.63) is 21.9 Å². The van der Waals surface area contributed by atoms with Crippen molar-refractivity contribution in [1.29, 1.82) is 0 Å². The minimum Gasteiger partial charge on any atom is -0.389 e. The lowest BCUT2D eigenvalue weighted by Crippen LogP contribution is -2.34. The Morgan fingerprint density at radius 1 is 1.45 bits per heavy atom. The SMILES string of the molecule is Cc1ccsc1CNCC(O)COC1CCCCC1C. The van der Waals surface area contributed by atoms with Gasteiger partial charge < -0.3 is 15.2 Å². The van der Waals surface area contributed by atoms with Crippen LogP contribution >= 0.6 is 11.3 Å². The summed E-state index contributed by atoms with van der Waals surface area (Å²) >= 11 is 1.76. The van der Waals surface area contributed by atoms with Gasteiger partial charge in [-0.15, -0.1) is 11.3 Å². The Kier molecular flexibility index (Phi) is 6.49. The molecule has 20 heavy (non-hydrogen) atoms. The molecule has 0 amide bonds. The highest BCUT2D eigenvalue weighted by molar-refractivity contribution is 7.10. The number of aliphatic hydroxyl groups excluding tert-OH is 1. The summed E-state index contributed by atoms with van der Waals surface area (Å²) < 4.78 is 5.88. The van der Waals surface area contributed by atoms with Gasteiger partial charge in [0.05, 0.1) is 18.8 Å². The van der Waals surface area contributed by atoms with Gasteiger partial charge in [-0.3, -0.25) is 0 Å². The number of nitrogens with one attached hydrogen (secondary N) is 1. The smallest absolute Gasteiger partial charge is 0.0897 e. The van der Waals surface area contributed by atoms with Crippen LogP contribution in [0, 0.1) is 12.8 Å². The van der Waals surface area contributed by atoms with Crippen LogP contribution in [0.2, 0.25) is 0 Å². The molecule has 114 valence electrons. The Labute approximate surface area is 126 Å². The fourth-order valence-electron chi connectivity index (χ4n) is 2.76. The van der Waals surface area contributed by atoms with Crippen molar-refractivity contribution in [3.8, 4) is 0 Å². The maximum Gasteiger partial charge on any atom is 0.0897 e. The highest BCUT2D eigenvalue weighted by atomic mass is 32.1. The predicted octanol–water partition coefficient (Wildman–Crippen LogP) is 3.10. The summed E-state index contributed by atoms with van der Waals surface area (Å²) in [7, 11) is 0. The van der Waals surface area contributed by atoms with Gasteiger partial charge in [0.25, 0.3) is 0 Å². The van der Waals surface area contributed by atoms with Crippen LogP contribution in [0.25, 0.3) is 0 Å². The lowest BCUT2D eigenvalue weighted by molar-refractivity contribution is -0.0451. The molecule has 0 aromatic carbocycles. The van der Waals surface area contributed by atoms with Crippen LogP contribution in [0.1, 0.15) is 43.0 Å². The first-order chi connectivity index (χ1) is 9.66. The maximum absolute atomic E-state index is 9.98. The molecule has 1 aromatic rings. The molecule has 1 fully saturated rings. The van der Waals surface area contributed by atoms with Crippen molar-refractivity contribution in [3.63, 3.8) is 0 Å². The van der Waals surface area contributed by atoms with Crippen molar-refractivity contribution in [1.82, 2.24) is 5.32 Å². The molecule has 4 heteroatoms. The number of ether oxygens (including phenoxy) is 1. The first-order valence-corrected chi connectivity index (χ1v) is 8.58. The molecule has 0 radical (unpaired) electrons. The van der Waals surface area contributed by atoms with Crippen LogP contribution in [0.4, 0.5) is 0 Å². The van der Waals surface area contributed by atoms with Crippen molar-refractivity contribution in [2.45, 2.75) is 58.3 Å². The second-order valence-electron chi connectivity index (χ2n) is 5.95. The first-order valence-electron chi connectivity index (χ1n) is 7.70. The second-order valence-corrected chi connectivity index (χ2v) is 6.95. The summed E-state index contributed by atoms with van der Waals surface area (Å²) in [6.07, 6.45) is 4.93. The van der Waals surface area contributed by atoms with E-state index in [1.54, 1.807) is 11.3 Å². The molecule has 2 N–H and O–H groups in total. The number of aryl methyl sites for hydroxylation is 1. The van der Waals surface area contributed by atoms with Crippen molar-refractivity contribution < 1.29 is 9.84 Å². The molecule has 2 rings (SSSR count). The lowest BCUT2D eigenvalue weighted by Gasteiger charge is -2.29. The molecule has 1 heterocycles. The van der Waals surface area contributed by atoms with Gasteiger partial charge >= 0.3 is 0 Å². The van der Waals surface area contributed by atoms with Crippen molar-refractivity contribution in [2.24, 2.45) is 5.92 Å². The van der Waals surface area contributed by atoms with E-state index in [2.05, 4.69) is 30.6 Å². The third-order valence-electron chi connectivity index (χ3n) is 4.17. The third-order valence-corrected chi connectivity index (χ3v) is 5.19. The molecule has 0 aliphatic heterocycles. The van der Waals surface area contributed by atoms with Crippen molar-refractivity contribution in [2.75, 3.05) is 13.2 Å². The van der Waals surface area contributed by atoms with Gasteiger partial charge in [0.15, 0.2) is 0 Å². The van der Waals surface area contributed by atoms with Crippen LogP contribution in [-0.2, 0) is 11.3 Å². The predicted molar refractivity (Wildman–Crippen MR) is 84.1 cm³/mol. The van der Waals surface area contributed by atoms with E-state index in [0.29, 0.717) is 25.2 Å². The van der Waals surface area contributed by atoms with Gasteiger partial charge in [0.2, 0.25) is 0 Å². The van der Waals surface area contributed by atoms with Gasteiger partial charge in [-0.2, -0.15) is 0 Å². The van der Waals surface area contributed by atoms with E-state index in [4.69, 9.17) is 4.74 Å². The monoisotopic (exact) mass is 297 g/mol. The van der Waals surface area contributed by atoms with Crippen LogP contribution in [-0.4, -0.2) is 30.5 Å². The number of rotatable bonds is 7. The Bertz CT molecular complexity index is 394. The number of aliphatic hydroxyl groups is 1. The van der Waals surface area contributed by atoms with Crippen LogP contribution in [0.5, 0.6) is 0 Å². The first kappa shape index (κ1) is 16.0. The molecule has 1 saturated carbocycles. The minimum atomic E-state index is -0.413. The largest absolute Gasteiger partial charge is 0.389 e. The Morgan fingerprint density at radius 3 is 2.95 bits per heavy atom. The minimum absolute atomic E-state index is 0.345. The molecule has 0 bridgehead atoms. The molecule has 0 spiro atoms. The maximum atomic E-state index is 9.98. The Hall–Kier alpha value is -0.420. The summed E-state index contributed by atoms with van der Waals surface area (Å²) in [5.41, 5.74) is 1.32.